The van der Waals surface area contributed by atoms with E-state index in [-0.39, 0.29) is 0 Å². The molecule has 5 nitrogen and oxygen atoms in total. The minimum Gasteiger partial charge on any atom is -0.365 e. The van der Waals surface area contributed by atoms with E-state index in [4.69, 9.17) is 0 Å². The molecule has 0 saturated heterocycles. The summed E-state index contributed by atoms with van der Waals surface area (Å²) >= 11 is 0. The molecule has 0 aliphatic carbocycles. The summed E-state index contributed by atoms with van der Waals surface area (Å²) in [4.78, 5) is 4.08. The lowest BCUT2D eigenvalue weighted by molar-refractivity contribution is 0.583. The van der Waals surface area contributed by atoms with Gasteiger partial charge in [-0.05, 0) is 30.5 Å². The quantitative estimate of drug-likeness (QED) is 0.855. The zero-order chi connectivity index (χ0) is 12.1. The Bertz CT molecular complexity index is 477. The maximum Gasteiger partial charge on any atom is 0.145 e. The molecule has 2 heterocycles. The van der Waals surface area contributed by atoms with Crippen molar-refractivity contribution in [3.05, 3.63) is 35.8 Å². The van der Waals surface area contributed by atoms with E-state index in [1.165, 1.54) is 11.1 Å². The van der Waals surface area contributed by atoms with Crippen LogP contribution < -0.4 is 5.32 Å². The molecule has 0 amide bonds. The lowest BCUT2D eigenvalue weighted by atomic mass is 10.1. The minimum absolute atomic E-state index is 0.769. The first-order chi connectivity index (χ1) is 8.31. The molecule has 0 aliphatic heterocycles. The highest BCUT2D eigenvalue weighted by atomic mass is 15.4. The fourth-order valence-corrected chi connectivity index (χ4v) is 1.66. The molecule has 90 valence electrons. The topological polar surface area (TPSA) is 55.6 Å². The average Bonchev–Trinajstić information content (AvgIpc) is 2.76. The van der Waals surface area contributed by atoms with Gasteiger partial charge in [-0.2, -0.15) is 0 Å². The highest BCUT2D eigenvalue weighted by Gasteiger charge is 2.03. The van der Waals surface area contributed by atoms with Crippen LogP contribution in [0.15, 0.2) is 24.7 Å². The van der Waals surface area contributed by atoms with Crippen LogP contribution in [0.25, 0.3) is 0 Å². The molecule has 1 N–H and O–H groups in total. The fourth-order valence-electron chi connectivity index (χ4n) is 1.66. The predicted molar refractivity (Wildman–Crippen MR) is 66.6 cm³/mol. The zero-order valence-corrected chi connectivity index (χ0v) is 10.2. The third kappa shape index (κ3) is 2.81. The van der Waals surface area contributed by atoms with E-state index in [9.17, 15) is 0 Å². The Morgan fingerprint density at radius 2 is 2.24 bits per heavy atom. The summed E-state index contributed by atoms with van der Waals surface area (Å²) in [5.41, 5.74) is 2.43. The van der Waals surface area contributed by atoms with Gasteiger partial charge in [0, 0.05) is 25.5 Å². The molecule has 2 aromatic heterocycles. The van der Waals surface area contributed by atoms with Gasteiger partial charge in [0.05, 0.1) is 6.20 Å². The van der Waals surface area contributed by atoms with Crippen molar-refractivity contribution in [1.29, 1.82) is 0 Å². The monoisotopic (exact) mass is 231 g/mol. The summed E-state index contributed by atoms with van der Waals surface area (Å²) < 4.78 is 1.89. The molecular formula is C12H17N5. The lowest BCUT2D eigenvalue weighted by Crippen LogP contribution is -2.08. The summed E-state index contributed by atoms with van der Waals surface area (Å²) in [6.45, 7) is 5.84. The van der Waals surface area contributed by atoms with E-state index in [1.54, 1.807) is 6.20 Å². The van der Waals surface area contributed by atoms with E-state index in [1.807, 2.05) is 23.1 Å². The molecule has 17 heavy (non-hydrogen) atoms. The van der Waals surface area contributed by atoms with Gasteiger partial charge in [-0.25, -0.2) is 4.68 Å². The largest absolute Gasteiger partial charge is 0.365 e. The van der Waals surface area contributed by atoms with Crippen LogP contribution >= 0.6 is 0 Å². The standard InChI is InChI=1S/C12H17N5/c1-3-6-17-12(9-15-16-17)14-8-11-4-5-13-7-10(11)2/h4-5,7,9,14H,3,6,8H2,1-2H3. The number of anilines is 1. The van der Waals surface area contributed by atoms with Crippen molar-refractivity contribution in [2.45, 2.75) is 33.4 Å². The number of aromatic nitrogens is 4. The van der Waals surface area contributed by atoms with Gasteiger partial charge in [-0.15, -0.1) is 5.10 Å². The van der Waals surface area contributed by atoms with Crippen LogP contribution in [0.5, 0.6) is 0 Å². The van der Waals surface area contributed by atoms with Crippen molar-refractivity contribution >= 4 is 5.82 Å². The number of hydrogen-bond acceptors (Lipinski definition) is 4. The third-order valence-corrected chi connectivity index (χ3v) is 2.65. The molecule has 0 unspecified atom stereocenters. The van der Waals surface area contributed by atoms with Crippen LogP contribution in [-0.4, -0.2) is 20.0 Å². The SMILES string of the molecule is CCCn1nncc1NCc1ccncc1C. The van der Waals surface area contributed by atoms with Crippen molar-refractivity contribution in [2.24, 2.45) is 0 Å². The Labute approximate surface area is 101 Å². The molecule has 0 atom stereocenters. The maximum absolute atomic E-state index is 4.08. The summed E-state index contributed by atoms with van der Waals surface area (Å²) in [6, 6.07) is 2.02. The second kappa shape index (κ2) is 5.43. The highest BCUT2D eigenvalue weighted by Crippen LogP contribution is 2.10. The van der Waals surface area contributed by atoms with E-state index < -0.39 is 0 Å². The number of hydrogen-bond donors (Lipinski definition) is 1. The number of aryl methyl sites for hydroxylation is 2. The predicted octanol–water partition coefficient (Wildman–Crippen LogP) is 2.00. The highest BCUT2D eigenvalue weighted by molar-refractivity contribution is 5.34. The van der Waals surface area contributed by atoms with Crippen LogP contribution in [0.3, 0.4) is 0 Å². The Balaban J connectivity index is 2.02. The van der Waals surface area contributed by atoms with Gasteiger partial charge in [0.15, 0.2) is 0 Å². The number of rotatable bonds is 5. The van der Waals surface area contributed by atoms with Gasteiger partial charge in [0.1, 0.15) is 5.82 Å². The first-order valence-corrected chi connectivity index (χ1v) is 5.83. The molecule has 0 saturated carbocycles. The molecule has 0 bridgehead atoms. The smallest absolute Gasteiger partial charge is 0.145 e. The van der Waals surface area contributed by atoms with Crippen LogP contribution in [0, 0.1) is 6.92 Å². The average molecular weight is 231 g/mol. The van der Waals surface area contributed by atoms with Gasteiger partial charge in [-0.1, -0.05) is 12.1 Å². The summed E-state index contributed by atoms with van der Waals surface area (Å²) in [6.07, 6.45) is 6.49. The fraction of sp³-hybridized carbons (Fsp3) is 0.417. The molecular weight excluding hydrogens is 214 g/mol. The Kier molecular flexibility index (Phi) is 3.69. The second-order valence-corrected chi connectivity index (χ2v) is 4.00. The Hall–Kier alpha value is -1.91. The zero-order valence-electron chi connectivity index (χ0n) is 10.2. The van der Waals surface area contributed by atoms with Crippen LogP contribution in [0.2, 0.25) is 0 Å². The van der Waals surface area contributed by atoms with E-state index in [0.29, 0.717) is 0 Å². The summed E-state index contributed by atoms with van der Waals surface area (Å²) in [7, 11) is 0. The van der Waals surface area contributed by atoms with Gasteiger partial charge >= 0.3 is 0 Å². The molecule has 0 fully saturated rings. The second-order valence-electron chi connectivity index (χ2n) is 4.00. The molecule has 5 heteroatoms. The molecule has 0 aliphatic rings. The molecule has 0 spiro atoms. The molecule has 2 rings (SSSR count). The first-order valence-electron chi connectivity index (χ1n) is 5.83. The van der Waals surface area contributed by atoms with Crippen molar-refractivity contribution < 1.29 is 0 Å². The number of nitrogens with one attached hydrogen (secondary N) is 1. The van der Waals surface area contributed by atoms with Gasteiger partial charge < -0.3 is 5.32 Å². The van der Waals surface area contributed by atoms with Gasteiger partial charge in [-0.3, -0.25) is 4.98 Å². The Morgan fingerprint density at radius 1 is 1.35 bits per heavy atom. The maximum atomic E-state index is 4.08. The van der Waals surface area contributed by atoms with E-state index >= 15 is 0 Å². The summed E-state index contributed by atoms with van der Waals surface area (Å²) in [5, 5.41) is 11.3. The van der Waals surface area contributed by atoms with Crippen molar-refractivity contribution in [3.8, 4) is 0 Å². The van der Waals surface area contributed by atoms with Crippen molar-refractivity contribution in [3.63, 3.8) is 0 Å². The normalized spacial score (nSPS) is 10.5. The van der Waals surface area contributed by atoms with Crippen LogP contribution in [0.1, 0.15) is 24.5 Å². The number of nitrogens with zero attached hydrogens (tertiary/aromatic N) is 4. The minimum atomic E-state index is 0.769. The van der Waals surface area contributed by atoms with E-state index in [2.05, 4.69) is 34.5 Å². The molecule has 0 aromatic carbocycles. The van der Waals surface area contributed by atoms with Crippen LogP contribution in [0.4, 0.5) is 5.82 Å². The summed E-state index contributed by atoms with van der Waals surface area (Å²) in [5.74, 6) is 0.961. The van der Waals surface area contributed by atoms with Crippen molar-refractivity contribution in [2.75, 3.05) is 5.32 Å². The lowest BCUT2D eigenvalue weighted by Gasteiger charge is -2.09. The molecule has 2 aromatic rings. The van der Waals surface area contributed by atoms with Gasteiger partial charge in [0.2, 0.25) is 0 Å². The van der Waals surface area contributed by atoms with Gasteiger partial charge in [0.25, 0.3) is 0 Å². The molecule has 0 radical (unpaired) electrons. The first kappa shape index (κ1) is 11.6. The Morgan fingerprint density at radius 3 is 3.00 bits per heavy atom. The van der Waals surface area contributed by atoms with E-state index in [0.717, 1.165) is 25.3 Å². The third-order valence-electron chi connectivity index (χ3n) is 2.65. The van der Waals surface area contributed by atoms with Crippen LogP contribution in [-0.2, 0) is 13.1 Å². The number of pyridine rings is 1. The van der Waals surface area contributed by atoms with Crippen molar-refractivity contribution in [1.82, 2.24) is 20.0 Å².